The Labute approximate surface area is 136 Å². The number of amides is 2. The van der Waals surface area contributed by atoms with Crippen LogP contribution in [0.5, 0.6) is 0 Å². The van der Waals surface area contributed by atoms with Gasteiger partial charge in [0.05, 0.1) is 12.0 Å². The number of hydrogen-bond acceptors (Lipinski definition) is 2. The van der Waals surface area contributed by atoms with Gasteiger partial charge in [0.2, 0.25) is 11.8 Å². The van der Waals surface area contributed by atoms with E-state index < -0.39 is 5.41 Å². The number of rotatable bonds is 6. The Morgan fingerprint density at radius 1 is 1.27 bits per heavy atom. The molecular formula is C17H23ClN2O2. The largest absolute Gasteiger partial charge is 0.352 e. The quantitative estimate of drug-likeness (QED) is 0.875. The highest BCUT2D eigenvalue weighted by Crippen LogP contribution is 2.49. The van der Waals surface area contributed by atoms with E-state index in [1.54, 1.807) is 4.90 Å². The molecule has 22 heavy (non-hydrogen) atoms. The maximum absolute atomic E-state index is 12.9. The minimum absolute atomic E-state index is 0.0382. The second-order valence-electron chi connectivity index (χ2n) is 6.13. The van der Waals surface area contributed by atoms with E-state index in [2.05, 4.69) is 5.32 Å². The lowest BCUT2D eigenvalue weighted by atomic mass is 9.94. The first-order valence-corrected chi connectivity index (χ1v) is 8.11. The smallest absolute Gasteiger partial charge is 0.239 e. The summed E-state index contributed by atoms with van der Waals surface area (Å²) in [5.41, 5.74) is 0.531. The van der Waals surface area contributed by atoms with Crippen LogP contribution in [0.1, 0.15) is 39.2 Å². The molecule has 0 heterocycles. The average Bonchev–Trinajstić information content (AvgIpc) is 3.25. The summed E-state index contributed by atoms with van der Waals surface area (Å²) in [6.07, 6.45) is 1.66. The van der Waals surface area contributed by atoms with Crippen molar-refractivity contribution in [2.75, 3.05) is 13.1 Å². The van der Waals surface area contributed by atoms with E-state index in [-0.39, 0.29) is 24.4 Å². The molecule has 0 aliphatic heterocycles. The predicted molar refractivity (Wildman–Crippen MR) is 87.9 cm³/mol. The first-order valence-electron chi connectivity index (χ1n) is 7.74. The van der Waals surface area contributed by atoms with E-state index in [0.29, 0.717) is 11.6 Å². The summed E-state index contributed by atoms with van der Waals surface area (Å²) < 4.78 is 0. The Kier molecular flexibility index (Phi) is 5.12. The van der Waals surface area contributed by atoms with Gasteiger partial charge in [0.1, 0.15) is 0 Å². The van der Waals surface area contributed by atoms with E-state index in [9.17, 15) is 9.59 Å². The van der Waals surface area contributed by atoms with Gasteiger partial charge < -0.3 is 10.2 Å². The van der Waals surface area contributed by atoms with Crippen LogP contribution in [0.2, 0.25) is 5.02 Å². The van der Waals surface area contributed by atoms with Gasteiger partial charge in [-0.3, -0.25) is 9.59 Å². The topological polar surface area (TPSA) is 49.4 Å². The average molecular weight is 323 g/mol. The maximum atomic E-state index is 12.9. The molecule has 1 N–H and O–H groups in total. The van der Waals surface area contributed by atoms with Crippen LogP contribution in [-0.2, 0) is 15.0 Å². The monoisotopic (exact) mass is 322 g/mol. The zero-order valence-electron chi connectivity index (χ0n) is 13.4. The van der Waals surface area contributed by atoms with Crippen molar-refractivity contribution >= 4 is 23.4 Å². The van der Waals surface area contributed by atoms with Crippen molar-refractivity contribution in [1.29, 1.82) is 0 Å². The van der Waals surface area contributed by atoms with E-state index in [0.717, 1.165) is 18.4 Å². The molecule has 1 aliphatic carbocycles. The van der Waals surface area contributed by atoms with E-state index in [4.69, 9.17) is 11.6 Å². The fourth-order valence-electron chi connectivity index (χ4n) is 2.69. The van der Waals surface area contributed by atoms with Crippen LogP contribution in [0.25, 0.3) is 0 Å². The second-order valence-corrected chi connectivity index (χ2v) is 6.57. The highest BCUT2D eigenvalue weighted by molar-refractivity contribution is 6.30. The third-order valence-corrected chi connectivity index (χ3v) is 4.26. The van der Waals surface area contributed by atoms with Crippen LogP contribution in [0.4, 0.5) is 0 Å². The van der Waals surface area contributed by atoms with E-state index >= 15 is 0 Å². The van der Waals surface area contributed by atoms with Gasteiger partial charge in [-0.2, -0.15) is 0 Å². The molecule has 0 radical (unpaired) electrons. The van der Waals surface area contributed by atoms with Crippen molar-refractivity contribution in [2.24, 2.45) is 0 Å². The normalized spacial score (nSPS) is 15.5. The van der Waals surface area contributed by atoms with Gasteiger partial charge in [-0.25, -0.2) is 0 Å². The lowest BCUT2D eigenvalue weighted by Gasteiger charge is -2.26. The lowest BCUT2D eigenvalue weighted by Crippen LogP contribution is -2.46. The van der Waals surface area contributed by atoms with Crippen molar-refractivity contribution in [1.82, 2.24) is 10.2 Å². The fraction of sp³-hybridized carbons (Fsp3) is 0.529. The Balaban J connectivity index is 2.11. The molecule has 2 amide bonds. The molecule has 0 aromatic heterocycles. The summed E-state index contributed by atoms with van der Waals surface area (Å²) in [5, 5.41) is 3.49. The lowest BCUT2D eigenvalue weighted by molar-refractivity contribution is -0.138. The van der Waals surface area contributed by atoms with Gasteiger partial charge in [0.15, 0.2) is 0 Å². The molecule has 0 unspecified atom stereocenters. The standard InChI is InChI=1S/C17H23ClN2O2/c1-4-20(11-15(21)19-12(2)3)16(22)17(9-10-17)13-5-7-14(18)8-6-13/h5-8,12H,4,9-11H2,1-3H3,(H,19,21). The first kappa shape index (κ1) is 16.8. The molecule has 1 fully saturated rings. The van der Waals surface area contributed by atoms with Crippen LogP contribution in [-0.4, -0.2) is 35.8 Å². The van der Waals surface area contributed by atoms with E-state index in [1.807, 2.05) is 45.0 Å². The van der Waals surface area contributed by atoms with Crippen molar-refractivity contribution in [3.8, 4) is 0 Å². The van der Waals surface area contributed by atoms with Crippen LogP contribution in [0.3, 0.4) is 0 Å². The molecular weight excluding hydrogens is 300 g/mol. The first-order chi connectivity index (χ1) is 10.4. The van der Waals surface area contributed by atoms with Crippen molar-refractivity contribution < 1.29 is 9.59 Å². The Hall–Kier alpha value is -1.55. The molecule has 0 saturated heterocycles. The number of nitrogens with zero attached hydrogens (tertiary/aromatic N) is 1. The number of nitrogens with one attached hydrogen (secondary N) is 1. The van der Waals surface area contributed by atoms with Crippen LogP contribution >= 0.6 is 11.6 Å². The molecule has 0 atom stereocenters. The Bertz CT molecular complexity index is 550. The molecule has 1 aromatic rings. The van der Waals surface area contributed by atoms with Crippen LogP contribution in [0, 0.1) is 0 Å². The van der Waals surface area contributed by atoms with Gasteiger partial charge in [-0.15, -0.1) is 0 Å². The third-order valence-electron chi connectivity index (χ3n) is 4.01. The molecule has 2 rings (SSSR count). The van der Waals surface area contributed by atoms with Crippen molar-refractivity contribution in [3.05, 3.63) is 34.9 Å². The van der Waals surface area contributed by atoms with Gasteiger partial charge >= 0.3 is 0 Å². The summed E-state index contributed by atoms with van der Waals surface area (Å²) in [4.78, 5) is 26.4. The molecule has 1 saturated carbocycles. The minimum Gasteiger partial charge on any atom is -0.352 e. The Morgan fingerprint density at radius 3 is 2.32 bits per heavy atom. The SMILES string of the molecule is CCN(CC(=O)NC(C)C)C(=O)C1(c2ccc(Cl)cc2)CC1. The summed E-state index contributed by atoms with van der Waals surface area (Å²) in [6, 6.07) is 7.52. The fourth-order valence-corrected chi connectivity index (χ4v) is 2.82. The molecule has 120 valence electrons. The minimum atomic E-state index is -0.460. The van der Waals surface area contributed by atoms with Gasteiger partial charge in [-0.1, -0.05) is 23.7 Å². The van der Waals surface area contributed by atoms with Crippen molar-refractivity contribution in [2.45, 2.75) is 45.1 Å². The molecule has 1 aromatic carbocycles. The maximum Gasteiger partial charge on any atom is 0.239 e. The van der Waals surface area contributed by atoms with Gasteiger partial charge in [-0.05, 0) is 51.3 Å². The summed E-state index contributed by atoms with van der Waals surface area (Å²) in [6.45, 7) is 6.36. The Morgan fingerprint density at radius 2 is 1.86 bits per heavy atom. The summed E-state index contributed by atoms with van der Waals surface area (Å²) in [5.74, 6) is -0.0756. The summed E-state index contributed by atoms with van der Waals surface area (Å²) >= 11 is 5.92. The highest BCUT2D eigenvalue weighted by Gasteiger charge is 2.52. The molecule has 0 spiro atoms. The predicted octanol–water partition coefficient (Wildman–Crippen LogP) is 2.74. The van der Waals surface area contributed by atoms with Crippen LogP contribution < -0.4 is 5.32 Å². The van der Waals surface area contributed by atoms with Crippen LogP contribution in [0.15, 0.2) is 24.3 Å². The second kappa shape index (κ2) is 6.69. The molecule has 0 bridgehead atoms. The molecule has 1 aliphatic rings. The van der Waals surface area contributed by atoms with Gasteiger partial charge in [0, 0.05) is 17.6 Å². The molecule has 5 heteroatoms. The number of benzene rings is 1. The zero-order chi connectivity index (χ0) is 16.3. The summed E-state index contributed by atoms with van der Waals surface area (Å²) in [7, 11) is 0. The van der Waals surface area contributed by atoms with E-state index in [1.165, 1.54) is 0 Å². The third kappa shape index (κ3) is 3.61. The number of carbonyl (C=O) groups excluding carboxylic acids is 2. The zero-order valence-corrected chi connectivity index (χ0v) is 14.1. The highest BCUT2D eigenvalue weighted by atomic mass is 35.5. The number of hydrogen-bond donors (Lipinski definition) is 1. The van der Waals surface area contributed by atoms with Gasteiger partial charge in [0.25, 0.3) is 0 Å². The molecule has 4 nitrogen and oxygen atoms in total. The number of halogens is 1. The number of carbonyl (C=O) groups is 2. The van der Waals surface area contributed by atoms with Crippen molar-refractivity contribution in [3.63, 3.8) is 0 Å². The number of likely N-dealkylation sites (N-methyl/N-ethyl adjacent to an activating group) is 1.